The highest BCUT2D eigenvalue weighted by molar-refractivity contribution is 5.77. The van der Waals surface area contributed by atoms with Crippen molar-refractivity contribution in [2.24, 2.45) is 0 Å². The van der Waals surface area contributed by atoms with Gasteiger partial charge >= 0.3 is 0 Å². The molecule has 0 spiro atoms. The standard InChI is InChI=1S/C22H26N4O2/c1-2-21(3-1)28-11-8-17-14-18-16-24-26(22(18)23-15-17)20-6-4-19(5-7-20)25-9-12-27-13-10-25/h4-7,14-16,21H,1-3,8-13H2. The Morgan fingerprint density at radius 1 is 1.04 bits per heavy atom. The van der Waals surface area contributed by atoms with Gasteiger partial charge in [-0.3, -0.25) is 0 Å². The summed E-state index contributed by atoms with van der Waals surface area (Å²) in [4.78, 5) is 7.03. The van der Waals surface area contributed by atoms with Crippen LogP contribution in [0.4, 0.5) is 5.69 Å². The molecular weight excluding hydrogens is 352 g/mol. The molecule has 0 bridgehead atoms. The van der Waals surface area contributed by atoms with Gasteiger partial charge in [0.05, 0.1) is 37.8 Å². The fraction of sp³-hybridized carbons (Fsp3) is 0.455. The maximum absolute atomic E-state index is 5.87. The van der Waals surface area contributed by atoms with E-state index in [1.165, 1.54) is 30.5 Å². The number of aromatic nitrogens is 3. The van der Waals surface area contributed by atoms with Gasteiger partial charge < -0.3 is 14.4 Å². The first-order valence-electron chi connectivity index (χ1n) is 10.2. The van der Waals surface area contributed by atoms with Crippen molar-refractivity contribution in [3.05, 3.63) is 48.3 Å². The number of pyridine rings is 1. The van der Waals surface area contributed by atoms with E-state index in [2.05, 4.69) is 45.3 Å². The molecule has 0 atom stereocenters. The second-order valence-corrected chi connectivity index (χ2v) is 7.60. The molecule has 0 N–H and O–H groups in total. The molecule has 6 heteroatoms. The van der Waals surface area contributed by atoms with Crippen LogP contribution in [0.3, 0.4) is 0 Å². The Labute approximate surface area is 165 Å². The van der Waals surface area contributed by atoms with Gasteiger partial charge in [-0.2, -0.15) is 5.10 Å². The monoisotopic (exact) mass is 378 g/mol. The highest BCUT2D eigenvalue weighted by Gasteiger charge is 2.17. The third-order valence-electron chi connectivity index (χ3n) is 5.73. The second kappa shape index (κ2) is 7.89. The number of fused-ring (bicyclic) bond motifs is 1. The van der Waals surface area contributed by atoms with Gasteiger partial charge in [0, 0.05) is 30.4 Å². The number of hydrogen-bond donors (Lipinski definition) is 0. The summed E-state index contributed by atoms with van der Waals surface area (Å²) < 4.78 is 13.2. The van der Waals surface area contributed by atoms with Crippen LogP contribution in [0.15, 0.2) is 42.7 Å². The second-order valence-electron chi connectivity index (χ2n) is 7.60. The van der Waals surface area contributed by atoms with Crippen molar-refractivity contribution in [2.45, 2.75) is 31.8 Å². The maximum Gasteiger partial charge on any atom is 0.162 e. The highest BCUT2D eigenvalue weighted by Crippen LogP contribution is 2.23. The van der Waals surface area contributed by atoms with Gasteiger partial charge in [0.1, 0.15) is 0 Å². The average molecular weight is 378 g/mol. The molecule has 28 heavy (non-hydrogen) atoms. The molecule has 0 radical (unpaired) electrons. The minimum atomic E-state index is 0.486. The van der Waals surface area contributed by atoms with Gasteiger partial charge in [0.2, 0.25) is 0 Å². The Bertz CT molecular complexity index is 927. The molecule has 2 aliphatic rings. The van der Waals surface area contributed by atoms with Gasteiger partial charge in [0.25, 0.3) is 0 Å². The quantitative estimate of drug-likeness (QED) is 0.658. The molecule has 1 aromatic carbocycles. The number of benzene rings is 1. The Hall–Kier alpha value is -2.44. The molecule has 0 unspecified atom stereocenters. The van der Waals surface area contributed by atoms with Crippen molar-refractivity contribution in [3.8, 4) is 5.69 Å². The summed E-state index contributed by atoms with van der Waals surface area (Å²) in [5, 5.41) is 5.64. The molecule has 1 aliphatic heterocycles. The fourth-order valence-corrected chi connectivity index (χ4v) is 3.80. The third kappa shape index (κ3) is 3.62. The Balaban J connectivity index is 1.30. The molecule has 2 fully saturated rings. The van der Waals surface area contributed by atoms with E-state index in [4.69, 9.17) is 9.47 Å². The van der Waals surface area contributed by atoms with E-state index in [9.17, 15) is 0 Å². The molecular formula is C22H26N4O2. The zero-order valence-electron chi connectivity index (χ0n) is 16.1. The van der Waals surface area contributed by atoms with Gasteiger partial charge in [-0.05, 0) is 61.6 Å². The summed E-state index contributed by atoms with van der Waals surface area (Å²) in [6, 6.07) is 10.7. The van der Waals surface area contributed by atoms with Crippen molar-refractivity contribution in [3.63, 3.8) is 0 Å². The minimum absolute atomic E-state index is 0.486. The van der Waals surface area contributed by atoms with Crippen molar-refractivity contribution < 1.29 is 9.47 Å². The lowest BCUT2D eigenvalue weighted by molar-refractivity contribution is 0.00412. The van der Waals surface area contributed by atoms with Gasteiger partial charge in [0.15, 0.2) is 5.65 Å². The van der Waals surface area contributed by atoms with E-state index in [-0.39, 0.29) is 0 Å². The van der Waals surface area contributed by atoms with Crippen LogP contribution in [0.25, 0.3) is 16.7 Å². The maximum atomic E-state index is 5.87. The molecule has 1 saturated heterocycles. The Morgan fingerprint density at radius 2 is 1.82 bits per heavy atom. The van der Waals surface area contributed by atoms with Gasteiger partial charge in [-0.25, -0.2) is 9.67 Å². The lowest BCUT2D eigenvalue weighted by atomic mass is 9.96. The first-order chi connectivity index (χ1) is 13.9. The van der Waals surface area contributed by atoms with Crippen LogP contribution in [-0.2, 0) is 15.9 Å². The fourth-order valence-electron chi connectivity index (χ4n) is 3.80. The highest BCUT2D eigenvalue weighted by atomic mass is 16.5. The van der Waals surface area contributed by atoms with Crippen LogP contribution in [0.1, 0.15) is 24.8 Å². The van der Waals surface area contributed by atoms with Crippen molar-refractivity contribution in [1.82, 2.24) is 14.8 Å². The molecule has 0 amide bonds. The third-order valence-corrected chi connectivity index (χ3v) is 5.73. The molecule has 5 rings (SSSR count). The predicted molar refractivity (Wildman–Crippen MR) is 109 cm³/mol. The van der Waals surface area contributed by atoms with E-state index < -0.39 is 0 Å². The van der Waals surface area contributed by atoms with E-state index in [0.29, 0.717) is 6.10 Å². The molecule has 1 aliphatic carbocycles. The minimum Gasteiger partial charge on any atom is -0.378 e. The largest absolute Gasteiger partial charge is 0.378 e. The summed E-state index contributed by atoms with van der Waals surface area (Å²) >= 11 is 0. The summed E-state index contributed by atoms with van der Waals surface area (Å²) in [5.74, 6) is 0. The van der Waals surface area contributed by atoms with Crippen LogP contribution in [0.5, 0.6) is 0 Å². The number of nitrogens with zero attached hydrogens (tertiary/aromatic N) is 4. The summed E-state index contributed by atoms with van der Waals surface area (Å²) in [5.41, 5.74) is 4.35. The number of rotatable bonds is 6. The lowest BCUT2D eigenvalue weighted by Gasteiger charge is -2.28. The zero-order chi connectivity index (χ0) is 18.8. The van der Waals surface area contributed by atoms with Gasteiger partial charge in [-0.15, -0.1) is 0 Å². The Kier molecular flexibility index (Phi) is 4.97. The van der Waals surface area contributed by atoms with Crippen molar-refractivity contribution in [2.75, 3.05) is 37.8 Å². The molecule has 1 saturated carbocycles. The van der Waals surface area contributed by atoms with Crippen LogP contribution in [-0.4, -0.2) is 53.8 Å². The Morgan fingerprint density at radius 3 is 2.57 bits per heavy atom. The topological polar surface area (TPSA) is 52.4 Å². The lowest BCUT2D eigenvalue weighted by Crippen LogP contribution is -2.36. The average Bonchev–Trinajstić information content (AvgIpc) is 3.14. The predicted octanol–water partition coefficient (Wildman–Crippen LogP) is 3.37. The normalized spacial score (nSPS) is 17.8. The zero-order valence-corrected chi connectivity index (χ0v) is 16.1. The first-order valence-corrected chi connectivity index (χ1v) is 10.2. The van der Waals surface area contributed by atoms with Crippen LogP contribution >= 0.6 is 0 Å². The SMILES string of the molecule is c1nc2c(cnn2-c2ccc(N3CCOCC3)cc2)cc1CCOC1CCC1. The molecule has 6 nitrogen and oxygen atoms in total. The molecule has 3 heterocycles. The van der Waals surface area contributed by atoms with E-state index in [0.717, 1.165) is 56.1 Å². The van der Waals surface area contributed by atoms with Gasteiger partial charge in [-0.1, -0.05) is 0 Å². The van der Waals surface area contributed by atoms with E-state index >= 15 is 0 Å². The number of hydrogen-bond acceptors (Lipinski definition) is 5. The molecule has 3 aromatic rings. The number of anilines is 1. The first kappa shape index (κ1) is 17.6. The van der Waals surface area contributed by atoms with E-state index in [1.807, 2.05) is 17.1 Å². The number of morpholine rings is 1. The van der Waals surface area contributed by atoms with Crippen molar-refractivity contribution >= 4 is 16.7 Å². The van der Waals surface area contributed by atoms with E-state index in [1.54, 1.807) is 0 Å². The van der Waals surface area contributed by atoms with Crippen molar-refractivity contribution in [1.29, 1.82) is 0 Å². The molecule has 146 valence electrons. The number of ether oxygens (including phenoxy) is 2. The summed E-state index contributed by atoms with van der Waals surface area (Å²) in [6.07, 6.45) is 8.98. The van der Waals surface area contributed by atoms with Crippen LogP contribution < -0.4 is 4.90 Å². The van der Waals surface area contributed by atoms with Crippen LogP contribution in [0.2, 0.25) is 0 Å². The summed E-state index contributed by atoms with van der Waals surface area (Å²) in [6.45, 7) is 4.25. The molecule has 2 aromatic heterocycles. The van der Waals surface area contributed by atoms with Crippen LogP contribution in [0, 0.1) is 0 Å². The summed E-state index contributed by atoms with van der Waals surface area (Å²) in [7, 11) is 0. The smallest absolute Gasteiger partial charge is 0.162 e.